The number of fused-ring (bicyclic) bond motifs is 1. The summed E-state index contributed by atoms with van der Waals surface area (Å²) < 4.78 is 6.06. The predicted octanol–water partition coefficient (Wildman–Crippen LogP) is 4.70. The summed E-state index contributed by atoms with van der Waals surface area (Å²) in [5, 5.41) is 0.185. The first kappa shape index (κ1) is 14.8. The number of hydroxylamine groups is 1. The molecule has 0 radical (unpaired) electrons. The van der Waals surface area contributed by atoms with Crippen molar-refractivity contribution in [2.75, 3.05) is 0 Å². The molecule has 0 unspecified atom stereocenters. The molecule has 0 spiro atoms. The maximum Gasteiger partial charge on any atom is 0.340 e. The molecule has 4 heteroatoms. The van der Waals surface area contributed by atoms with E-state index in [2.05, 4.69) is 50.3 Å². The van der Waals surface area contributed by atoms with Crippen LogP contribution in [0, 0.1) is 6.57 Å². The van der Waals surface area contributed by atoms with Gasteiger partial charge in [0.2, 0.25) is 8.32 Å². The Morgan fingerprint density at radius 3 is 2.60 bits per heavy atom. The summed E-state index contributed by atoms with van der Waals surface area (Å²) >= 11 is 0. The van der Waals surface area contributed by atoms with Crippen LogP contribution in [0.5, 0.6) is 0 Å². The van der Waals surface area contributed by atoms with Crippen LogP contribution in [0.2, 0.25) is 18.1 Å². The maximum atomic E-state index is 6.06. The topological polar surface area (TPSA) is 25.6 Å². The molecule has 1 aliphatic rings. The van der Waals surface area contributed by atoms with E-state index in [0.29, 0.717) is 0 Å². The molecule has 0 aromatic heterocycles. The monoisotopic (exact) mass is 287 g/mol. The molecular formula is C16H23N2OSi+. The lowest BCUT2D eigenvalue weighted by Gasteiger charge is -2.35. The average Bonchev–Trinajstić information content (AvgIpc) is 2.77. The Hall–Kier alpha value is -1.57. The molecule has 0 aliphatic heterocycles. The van der Waals surface area contributed by atoms with Crippen molar-refractivity contribution in [3.8, 4) is 6.57 Å². The standard InChI is InChI=1S/C16H23N2OSi/c1-16(2,3)20(5,6)19-18-15-10-7-12-11-13(17-4)8-9-14(12)15/h4,8-11,18H,7H2,1-3,5-6H3/q+1. The van der Waals surface area contributed by atoms with Crippen molar-refractivity contribution in [1.82, 2.24) is 5.48 Å². The van der Waals surface area contributed by atoms with Gasteiger partial charge in [-0.15, -0.1) is 0 Å². The van der Waals surface area contributed by atoms with Crippen LogP contribution < -0.4 is 5.48 Å². The summed E-state index contributed by atoms with van der Waals surface area (Å²) in [7, 11) is -1.80. The SMILES string of the molecule is C#[N+]c1ccc2c(c1)CC=C2NO[Si](C)(C)C(C)(C)C. The van der Waals surface area contributed by atoms with E-state index >= 15 is 0 Å². The number of nitrogens with one attached hydrogen (secondary N) is 1. The van der Waals surface area contributed by atoms with Gasteiger partial charge in [-0.3, -0.25) is 5.48 Å². The van der Waals surface area contributed by atoms with Crippen molar-refractivity contribution in [1.29, 1.82) is 0 Å². The third-order valence-corrected chi connectivity index (χ3v) is 8.50. The van der Waals surface area contributed by atoms with E-state index in [1.165, 1.54) is 11.1 Å². The molecule has 1 aromatic rings. The highest BCUT2D eigenvalue weighted by Crippen LogP contribution is 2.37. The number of hydrogen-bond acceptors (Lipinski definition) is 2. The number of nitrogens with zero attached hydrogens (tertiary/aromatic N) is 1. The minimum absolute atomic E-state index is 0.185. The minimum Gasteiger partial charge on any atom is -0.322 e. The minimum atomic E-state index is -1.80. The molecule has 0 atom stereocenters. The van der Waals surface area contributed by atoms with Gasteiger partial charge in [-0.1, -0.05) is 26.8 Å². The van der Waals surface area contributed by atoms with E-state index in [9.17, 15) is 0 Å². The molecule has 0 saturated carbocycles. The molecule has 0 amide bonds. The van der Waals surface area contributed by atoms with Gasteiger partial charge in [0, 0.05) is 17.7 Å². The zero-order valence-corrected chi connectivity index (χ0v) is 13.9. The third-order valence-electron chi connectivity index (χ3n) is 4.28. The zero-order valence-electron chi connectivity index (χ0n) is 12.9. The molecule has 0 fully saturated rings. The highest BCUT2D eigenvalue weighted by atomic mass is 28.4. The lowest BCUT2D eigenvalue weighted by Crippen LogP contribution is -2.44. The highest BCUT2D eigenvalue weighted by molar-refractivity contribution is 6.74. The van der Waals surface area contributed by atoms with Gasteiger partial charge >= 0.3 is 5.69 Å². The quantitative estimate of drug-likeness (QED) is 0.644. The predicted molar refractivity (Wildman–Crippen MR) is 87.5 cm³/mol. The molecule has 0 bridgehead atoms. The fraction of sp³-hybridized carbons (Fsp3) is 0.438. The molecule has 3 nitrogen and oxygen atoms in total. The van der Waals surface area contributed by atoms with Crippen molar-refractivity contribution < 1.29 is 4.53 Å². The Bertz CT molecular complexity index is 591. The van der Waals surface area contributed by atoms with Crippen LogP contribution in [0.15, 0.2) is 24.3 Å². The Labute approximate surface area is 122 Å². The largest absolute Gasteiger partial charge is 0.340 e. The second-order valence-electron chi connectivity index (χ2n) is 6.76. The molecule has 106 valence electrons. The lowest BCUT2D eigenvalue weighted by atomic mass is 10.1. The van der Waals surface area contributed by atoms with Crippen LogP contribution >= 0.6 is 0 Å². The maximum absolute atomic E-state index is 6.06. The van der Waals surface area contributed by atoms with E-state index in [4.69, 9.17) is 11.1 Å². The molecule has 2 rings (SSSR count). The van der Waals surface area contributed by atoms with Gasteiger partial charge < -0.3 is 4.53 Å². The summed E-state index contributed by atoms with van der Waals surface area (Å²) in [5.41, 5.74) is 7.45. The lowest BCUT2D eigenvalue weighted by molar-refractivity contribution is 0.226. The van der Waals surface area contributed by atoms with Crippen LogP contribution in [0.3, 0.4) is 0 Å². The van der Waals surface area contributed by atoms with Crippen molar-refractivity contribution in [2.24, 2.45) is 0 Å². The van der Waals surface area contributed by atoms with Gasteiger partial charge in [0.25, 0.3) is 6.57 Å². The summed E-state index contributed by atoms with van der Waals surface area (Å²) in [6.07, 6.45) is 3.04. The van der Waals surface area contributed by atoms with Crippen LogP contribution in [-0.2, 0) is 10.9 Å². The Balaban J connectivity index is 2.11. The molecular weight excluding hydrogens is 264 g/mol. The highest BCUT2D eigenvalue weighted by Gasteiger charge is 2.38. The first-order chi connectivity index (χ1) is 9.24. The fourth-order valence-corrected chi connectivity index (χ4v) is 2.52. The average molecular weight is 287 g/mol. The van der Waals surface area contributed by atoms with E-state index in [0.717, 1.165) is 17.8 Å². The van der Waals surface area contributed by atoms with Gasteiger partial charge in [0.15, 0.2) is 0 Å². The Morgan fingerprint density at radius 2 is 2.00 bits per heavy atom. The second-order valence-corrected chi connectivity index (χ2v) is 11.5. The van der Waals surface area contributed by atoms with Crippen molar-refractivity contribution in [2.45, 2.75) is 45.3 Å². The van der Waals surface area contributed by atoms with Gasteiger partial charge in [-0.2, -0.15) is 0 Å². The van der Waals surface area contributed by atoms with Gasteiger partial charge in [0.05, 0.1) is 5.70 Å². The third kappa shape index (κ3) is 2.79. The van der Waals surface area contributed by atoms with Crippen LogP contribution in [0.1, 0.15) is 31.9 Å². The number of hydrogen-bond donors (Lipinski definition) is 1. The first-order valence-corrected chi connectivity index (χ1v) is 9.84. The summed E-state index contributed by atoms with van der Waals surface area (Å²) in [4.78, 5) is 3.72. The van der Waals surface area contributed by atoms with Crippen molar-refractivity contribution in [3.05, 3.63) is 40.2 Å². The summed E-state index contributed by atoms with van der Waals surface area (Å²) in [6, 6.07) is 5.99. The Kier molecular flexibility index (Phi) is 3.77. The fourth-order valence-electron chi connectivity index (χ4n) is 1.85. The number of allylic oxidation sites excluding steroid dienone is 1. The number of benzene rings is 1. The smallest absolute Gasteiger partial charge is 0.322 e. The van der Waals surface area contributed by atoms with E-state index in [-0.39, 0.29) is 5.04 Å². The number of rotatable bonds is 3. The van der Waals surface area contributed by atoms with Crippen LogP contribution in [0.25, 0.3) is 10.5 Å². The van der Waals surface area contributed by atoms with E-state index in [1.54, 1.807) is 0 Å². The van der Waals surface area contributed by atoms with Crippen LogP contribution in [0.4, 0.5) is 5.69 Å². The van der Waals surface area contributed by atoms with E-state index in [1.807, 2.05) is 18.2 Å². The molecule has 1 aliphatic carbocycles. The first-order valence-electron chi connectivity index (χ1n) is 6.93. The summed E-state index contributed by atoms with van der Waals surface area (Å²) in [6.45, 7) is 16.5. The molecule has 20 heavy (non-hydrogen) atoms. The Morgan fingerprint density at radius 1 is 1.30 bits per heavy atom. The van der Waals surface area contributed by atoms with Gasteiger partial charge in [-0.05, 0) is 41.0 Å². The second kappa shape index (κ2) is 5.08. The van der Waals surface area contributed by atoms with Gasteiger partial charge in [0.1, 0.15) is 0 Å². The van der Waals surface area contributed by atoms with Crippen LogP contribution in [-0.4, -0.2) is 8.32 Å². The summed E-state index contributed by atoms with van der Waals surface area (Å²) in [5.74, 6) is 0. The molecule has 0 heterocycles. The van der Waals surface area contributed by atoms with Crippen molar-refractivity contribution >= 4 is 19.7 Å². The van der Waals surface area contributed by atoms with Gasteiger partial charge in [-0.25, -0.2) is 0 Å². The van der Waals surface area contributed by atoms with E-state index < -0.39 is 8.32 Å². The zero-order chi connectivity index (χ0) is 15.0. The normalized spacial score (nSPS) is 14.5. The molecule has 1 N–H and O–H groups in total. The van der Waals surface area contributed by atoms with Crippen molar-refractivity contribution in [3.63, 3.8) is 0 Å². The molecule has 0 saturated heterocycles. The molecule has 1 aromatic carbocycles.